The first-order valence-corrected chi connectivity index (χ1v) is 13.9. The maximum atomic E-state index is 14.5. The minimum absolute atomic E-state index is 0.0286. The second-order valence-electron chi connectivity index (χ2n) is 14.2. The van der Waals surface area contributed by atoms with Crippen LogP contribution in [0.3, 0.4) is 0 Å². The highest BCUT2D eigenvalue weighted by molar-refractivity contribution is 5.87. The summed E-state index contributed by atoms with van der Waals surface area (Å²) < 4.78 is 0. The van der Waals surface area contributed by atoms with Crippen molar-refractivity contribution in [3.63, 3.8) is 0 Å². The number of allylic oxidation sites excluding steroid dienone is 1. The third-order valence-electron chi connectivity index (χ3n) is 12.0. The van der Waals surface area contributed by atoms with Crippen molar-refractivity contribution in [3.05, 3.63) is 11.6 Å². The summed E-state index contributed by atoms with van der Waals surface area (Å²) in [6, 6.07) is 0. The molecule has 194 valence electrons. The number of ketones is 1. The van der Waals surface area contributed by atoms with Crippen molar-refractivity contribution >= 4 is 5.78 Å². The van der Waals surface area contributed by atoms with E-state index >= 15 is 0 Å². The lowest BCUT2D eigenvalue weighted by Crippen LogP contribution is -2.69. The largest absolute Gasteiger partial charge is 0.393 e. The third-order valence-corrected chi connectivity index (χ3v) is 12.0. The number of aliphatic hydroxyl groups excluding tert-OH is 3. The molecule has 13 unspecified atom stereocenters. The number of carbonyl (C=O) groups is 1. The summed E-state index contributed by atoms with van der Waals surface area (Å²) in [7, 11) is 0. The summed E-state index contributed by atoms with van der Waals surface area (Å²) in [5.41, 5.74) is 0.408. The van der Waals surface area contributed by atoms with Gasteiger partial charge in [-0.25, -0.2) is 0 Å². The minimum Gasteiger partial charge on any atom is -0.393 e. The fourth-order valence-electron chi connectivity index (χ4n) is 10.4. The number of fused-ring (bicyclic) bond motifs is 3. The van der Waals surface area contributed by atoms with Gasteiger partial charge in [0.15, 0.2) is 0 Å². The van der Waals surface area contributed by atoms with Crippen molar-refractivity contribution in [2.24, 2.45) is 69.5 Å². The van der Waals surface area contributed by atoms with E-state index in [2.05, 4.69) is 61.5 Å². The van der Waals surface area contributed by atoms with Crippen LogP contribution in [0, 0.1) is 69.5 Å². The van der Waals surface area contributed by atoms with Crippen molar-refractivity contribution in [3.8, 4) is 0 Å². The van der Waals surface area contributed by atoms with Crippen LogP contribution in [-0.2, 0) is 4.79 Å². The van der Waals surface area contributed by atoms with E-state index in [9.17, 15) is 20.1 Å². The lowest BCUT2D eigenvalue weighted by molar-refractivity contribution is -0.250. The van der Waals surface area contributed by atoms with Gasteiger partial charge in [-0.3, -0.25) is 4.79 Å². The highest BCUT2D eigenvalue weighted by Gasteiger charge is 2.70. The van der Waals surface area contributed by atoms with E-state index in [1.807, 2.05) is 6.92 Å². The van der Waals surface area contributed by atoms with Gasteiger partial charge in [0.2, 0.25) is 0 Å². The summed E-state index contributed by atoms with van der Waals surface area (Å²) in [5.74, 6) is 1.44. The number of carbonyl (C=O) groups excluding carboxylic acids is 1. The first kappa shape index (κ1) is 26.4. The Kier molecular flexibility index (Phi) is 6.52. The Hall–Kier alpha value is -0.710. The van der Waals surface area contributed by atoms with E-state index < -0.39 is 17.6 Å². The first-order valence-electron chi connectivity index (χ1n) is 13.9. The fraction of sp³-hybridized carbons (Fsp3) is 0.900. The third kappa shape index (κ3) is 3.37. The van der Waals surface area contributed by atoms with Crippen LogP contribution in [0.25, 0.3) is 0 Å². The van der Waals surface area contributed by atoms with Gasteiger partial charge < -0.3 is 15.3 Å². The average molecular weight is 475 g/mol. The van der Waals surface area contributed by atoms with E-state index in [0.29, 0.717) is 23.5 Å². The summed E-state index contributed by atoms with van der Waals surface area (Å²) in [6.07, 6.45) is 4.06. The van der Waals surface area contributed by atoms with E-state index in [4.69, 9.17) is 0 Å². The molecule has 3 fully saturated rings. The maximum Gasteiger partial charge on any atom is 0.140 e. The molecule has 4 aliphatic rings. The second-order valence-corrected chi connectivity index (χ2v) is 14.2. The molecule has 4 nitrogen and oxygen atoms in total. The fourth-order valence-corrected chi connectivity index (χ4v) is 10.4. The Labute approximate surface area is 207 Å². The molecule has 0 aromatic heterocycles. The van der Waals surface area contributed by atoms with Crippen molar-refractivity contribution in [2.45, 2.75) is 93.8 Å². The highest BCUT2D eigenvalue weighted by Crippen LogP contribution is 2.72. The molecule has 0 amide bonds. The smallest absolute Gasteiger partial charge is 0.140 e. The lowest BCUT2D eigenvalue weighted by Gasteiger charge is -2.70. The predicted octanol–water partition coefficient (Wildman–Crippen LogP) is 5.10. The number of hydrogen-bond acceptors (Lipinski definition) is 4. The zero-order valence-corrected chi connectivity index (χ0v) is 23.0. The molecule has 0 aliphatic heterocycles. The van der Waals surface area contributed by atoms with Gasteiger partial charge in [0.1, 0.15) is 5.78 Å². The van der Waals surface area contributed by atoms with Gasteiger partial charge in [0, 0.05) is 23.2 Å². The van der Waals surface area contributed by atoms with Crippen molar-refractivity contribution in [2.75, 3.05) is 6.61 Å². The van der Waals surface area contributed by atoms with Crippen LogP contribution < -0.4 is 0 Å². The van der Waals surface area contributed by atoms with E-state index in [1.54, 1.807) is 0 Å². The average Bonchev–Trinajstić information content (AvgIpc) is 2.70. The van der Waals surface area contributed by atoms with Gasteiger partial charge in [-0.1, -0.05) is 61.5 Å². The van der Waals surface area contributed by atoms with Gasteiger partial charge >= 0.3 is 0 Å². The monoisotopic (exact) mass is 474 g/mol. The molecular weight excluding hydrogens is 424 g/mol. The van der Waals surface area contributed by atoms with Gasteiger partial charge in [-0.2, -0.15) is 0 Å². The van der Waals surface area contributed by atoms with Crippen LogP contribution in [0.15, 0.2) is 11.6 Å². The van der Waals surface area contributed by atoms with Crippen molar-refractivity contribution < 1.29 is 20.1 Å². The van der Waals surface area contributed by atoms with Gasteiger partial charge in [-0.05, 0) is 78.1 Å². The van der Waals surface area contributed by atoms with Gasteiger partial charge in [-0.15, -0.1) is 0 Å². The molecule has 3 saturated carbocycles. The molecule has 4 heteroatoms. The molecular formula is C30H50O4. The SMILES string of the molecule is CC(C)C1C=C(CO)C(C)C2C(=O)C3C(C)C4(C)C(O)C(C(C)O)C(C)CC4(C)CC3(C)CC12. The van der Waals surface area contributed by atoms with Crippen LogP contribution >= 0.6 is 0 Å². The Morgan fingerprint density at radius 1 is 1.09 bits per heavy atom. The number of hydrogen-bond donors (Lipinski definition) is 3. The van der Waals surface area contributed by atoms with Crippen molar-refractivity contribution in [1.29, 1.82) is 0 Å². The summed E-state index contributed by atoms with van der Waals surface area (Å²) >= 11 is 0. The van der Waals surface area contributed by atoms with Crippen molar-refractivity contribution in [1.82, 2.24) is 0 Å². The van der Waals surface area contributed by atoms with Crippen LogP contribution in [0.2, 0.25) is 0 Å². The van der Waals surface area contributed by atoms with Crippen LogP contribution in [0.4, 0.5) is 0 Å². The quantitative estimate of drug-likeness (QED) is 0.497. The van der Waals surface area contributed by atoms with E-state index in [1.165, 1.54) is 0 Å². The molecule has 0 saturated heterocycles. The first-order chi connectivity index (χ1) is 15.6. The summed E-state index contributed by atoms with van der Waals surface area (Å²) in [6.45, 7) is 19.8. The van der Waals surface area contributed by atoms with Crippen LogP contribution in [-0.4, -0.2) is 39.9 Å². The predicted molar refractivity (Wildman–Crippen MR) is 136 cm³/mol. The Morgan fingerprint density at radius 3 is 2.24 bits per heavy atom. The van der Waals surface area contributed by atoms with E-state index in [-0.39, 0.29) is 52.9 Å². The highest BCUT2D eigenvalue weighted by atomic mass is 16.3. The molecule has 4 rings (SSSR count). The zero-order valence-electron chi connectivity index (χ0n) is 23.0. The molecule has 0 radical (unpaired) electrons. The molecule has 0 bridgehead atoms. The number of rotatable bonds is 3. The molecule has 13 atom stereocenters. The Bertz CT molecular complexity index is 847. The second kappa shape index (κ2) is 8.42. The zero-order chi connectivity index (χ0) is 25.5. The minimum atomic E-state index is -0.633. The molecule has 0 spiro atoms. The standard InChI is InChI=1S/C30H50O4/c1-15(2)21-10-20(13-31)17(4)24-22(21)12-28(7)14-29(8)11-16(3)23(19(6)32)27(34)30(29,9)18(5)25(28)26(24)33/h10,15-19,21-25,27,31-32,34H,11-14H2,1-9H3. The molecule has 3 N–H and O–H groups in total. The normalized spacial score (nSPS) is 54.1. The molecule has 0 aromatic rings. The summed E-state index contributed by atoms with van der Waals surface area (Å²) in [4.78, 5) is 14.5. The van der Waals surface area contributed by atoms with Crippen LogP contribution in [0.5, 0.6) is 0 Å². The molecule has 0 heterocycles. The van der Waals surface area contributed by atoms with Crippen LogP contribution in [0.1, 0.15) is 81.6 Å². The number of aliphatic hydroxyl groups is 3. The van der Waals surface area contributed by atoms with Gasteiger partial charge in [0.25, 0.3) is 0 Å². The van der Waals surface area contributed by atoms with Gasteiger partial charge in [0.05, 0.1) is 18.8 Å². The Morgan fingerprint density at radius 2 is 1.71 bits per heavy atom. The molecule has 4 aliphatic carbocycles. The summed E-state index contributed by atoms with van der Waals surface area (Å²) in [5, 5.41) is 32.5. The lowest BCUT2D eigenvalue weighted by atomic mass is 9.34. The topological polar surface area (TPSA) is 77.8 Å². The maximum absolute atomic E-state index is 14.5. The molecule has 0 aromatic carbocycles. The number of Topliss-reactive ketones (excluding diaryl/α,β-unsaturated/α-hetero) is 1. The molecule has 34 heavy (non-hydrogen) atoms. The Balaban J connectivity index is 1.81. The van der Waals surface area contributed by atoms with E-state index in [0.717, 1.165) is 24.8 Å².